The van der Waals surface area contributed by atoms with E-state index in [2.05, 4.69) is 5.32 Å². The molecule has 2 aromatic carbocycles. The lowest BCUT2D eigenvalue weighted by molar-refractivity contribution is -0.130. The average molecular weight is 376 g/mol. The third-order valence-electron chi connectivity index (χ3n) is 4.37. The van der Waals surface area contributed by atoms with Gasteiger partial charge in [-0.05, 0) is 25.1 Å². The predicted octanol–water partition coefficient (Wildman–Crippen LogP) is 2.07. The molecule has 2 aromatic rings. The van der Waals surface area contributed by atoms with Crippen molar-refractivity contribution in [2.24, 2.45) is 0 Å². The Morgan fingerprint density at radius 3 is 2.31 bits per heavy atom. The van der Waals surface area contributed by atoms with Crippen molar-refractivity contribution in [1.82, 2.24) is 10.2 Å². The van der Waals surface area contributed by atoms with Gasteiger partial charge in [-0.25, -0.2) is 17.6 Å². The van der Waals surface area contributed by atoms with E-state index in [4.69, 9.17) is 0 Å². The smallest absolute Gasteiger partial charge is 0.319 e. The third-order valence-corrected chi connectivity index (χ3v) is 6.08. The van der Waals surface area contributed by atoms with E-state index in [1.807, 2.05) is 0 Å². The van der Waals surface area contributed by atoms with Gasteiger partial charge in [-0.1, -0.05) is 36.4 Å². The number of carbonyl (C=O) groups is 2. The molecule has 1 aliphatic heterocycles. The number of nitrogens with one attached hydrogen (secondary N) is 1. The Morgan fingerprint density at radius 2 is 1.65 bits per heavy atom. The minimum Gasteiger partial charge on any atom is -0.319 e. The highest BCUT2D eigenvalue weighted by Gasteiger charge is 2.50. The number of hydrogen-bond acceptors (Lipinski definition) is 4. The number of hydrogen-bond donors (Lipinski definition) is 1. The number of nitrogens with zero attached hydrogens (tertiary/aromatic N) is 1. The summed E-state index contributed by atoms with van der Waals surface area (Å²) in [7, 11) is -3.65. The number of rotatable bonds is 5. The van der Waals surface area contributed by atoms with Gasteiger partial charge in [0.15, 0.2) is 9.84 Å². The van der Waals surface area contributed by atoms with Gasteiger partial charge in [0.05, 0.1) is 10.6 Å². The van der Waals surface area contributed by atoms with Crippen molar-refractivity contribution in [1.29, 1.82) is 0 Å². The van der Waals surface area contributed by atoms with Crippen LogP contribution in [0.2, 0.25) is 0 Å². The summed E-state index contributed by atoms with van der Waals surface area (Å²) in [6, 6.07) is 12.7. The molecule has 0 unspecified atom stereocenters. The fraction of sp³-hybridized carbons (Fsp3) is 0.222. The van der Waals surface area contributed by atoms with Gasteiger partial charge in [-0.3, -0.25) is 9.69 Å². The first-order valence-electron chi connectivity index (χ1n) is 7.92. The van der Waals surface area contributed by atoms with Crippen molar-refractivity contribution >= 4 is 21.8 Å². The second-order valence-electron chi connectivity index (χ2n) is 6.12. The molecule has 1 heterocycles. The maximum Gasteiger partial charge on any atom is 0.325 e. The fourth-order valence-electron chi connectivity index (χ4n) is 2.91. The van der Waals surface area contributed by atoms with Crippen molar-refractivity contribution < 1.29 is 22.4 Å². The number of imide groups is 1. The molecule has 0 spiro atoms. The second kappa shape index (κ2) is 6.53. The molecular weight excluding hydrogens is 359 g/mol. The van der Waals surface area contributed by atoms with E-state index in [-0.39, 0.29) is 17.0 Å². The van der Waals surface area contributed by atoms with Gasteiger partial charge >= 0.3 is 6.03 Å². The Hall–Kier alpha value is -2.74. The zero-order chi connectivity index (χ0) is 18.9. The monoisotopic (exact) mass is 376 g/mol. The van der Waals surface area contributed by atoms with Crippen molar-refractivity contribution in [3.63, 3.8) is 0 Å². The largest absolute Gasteiger partial charge is 0.325 e. The number of benzene rings is 2. The molecule has 0 aliphatic carbocycles. The first-order valence-corrected chi connectivity index (χ1v) is 9.58. The highest BCUT2D eigenvalue weighted by atomic mass is 32.2. The van der Waals surface area contributed by atoms with E-state index in [0.29, 0.717) is 0 Å². The summed E-state index contributed by atoms with van der Waals surface area (Å²) in [5.41, 5.74) is -1.54. The van der Waals surface area contributed by atoms with Gasteiger partial charge in [-0.2, -0.15) is 0 Å². The normalized spacial score (nSPS) is 20.3. The SMILES string of the molecule is C[C@]1(c2ccccc2F)NC(=O)N(CCS(=O)(=O)c2ccccc2)C1=O. The molecule has 1 N–H and O–H groups in total. The molecule has 0 bridgehead atoms. The zero-order valence-corrected chi connectivity index (χ0v) is 14.8. The summed E-state index contributed by atoms with van der Waals surface area (Å²) < 4.78 is 38.8. The molecule has 1 aliphatic rings. The number of urea groups is 1. The molecule has 8 heteroatoms. The van der Waals surface area contributed by atoms with Crippen molar-refractivity contribution in [2.45, 2.75) is 17.4 Å². The second-order valence-corrected chi connectivity index (χ2v) is 8.23. The Kier molecular flexibility index (Phi) is 4.53. The topological polar surface area (TPSA) is 83.6 Å². The fourth-order valence-corrected chi connectivity index (χ4v) is 4.14. The van der Waals surface area contributed by atoms with Crippen LogP contribution in [-0.4, -0.2) is 37.6 Å². The summed E-state index contributed by atoms with van der Waals surface area (Å²) in [4.78, 5) is 25.9. The first kappa shape index (κ1) is 18.1. The van der Waals surface area contributed by atoms with Crippen LogP contribution >= 0.6 is 0 Å². The van der Waals surface area contributed by atoms with Crippen LogP contribution in [0.3, 0.4) is 0 Å². The number of sulfone groups is 1. The summed E-state index contributed by atoms with van der Waals surface area (Å²) in [6.45, 7) is 1.09. The van der Waals surface area contributed by atoms with E-state index in [9.17, 15) is 22.4 Å². The minimum atomic E-state index is -3.65. The van der Waals surface area contributed by atoms with Crippen LogP contribution in [0.5, 0.6) is 0 Å². The predicted molar refractivity (Wildman–Crippen MR) is 92.5 cm³/mol. The van der Waals surface area contributed by atoms with Gasteiger partial charge in [0.1, 0.15) is 11.4 Å². The first-order chi connectivity index (χ1) is 12.3. The lowest BCUT2D eigenvalue weighted by Gasteiger charge is -2.22. The summed E-state index contributed by atoms with van der Waals surface area (Å²) in [5, 5.41) is 2.47. The van der Waals surface area contributed by atoms with Gasteiger partial charge < -0.3 is 5.32 Å². The van der Waals surface area contributed by atoms with Crippen molar-refractivity contribution in [2.75, 3.05) is 12.3 Å². The third kappa shape index (κ3) is 3.08. The van der Waals surface area contributed by atoms with Gasteiger partial charge in [0.25, 0.3) is 5.91 Å². The van der Waals surface area contributed by atoms with Gasteiger partial charge in [0.2, 0.25) is 0 Å². The lowest BCUT2D eigenvalue weighted by Crippen LogP contribution is -2.42. The number of carbonyl (C=O) groups excluding carboxylic acids is 2. The van der Waals surface area contributed by atoms with E-state index in [1.165, 1.54) is 37.3 Å². The van der Waals surface area contributed by atoms with Crippen LogP contribution in [0.25, 0.3) is 0 Å². The summed E-state index contributed by atoms with van der Waals surface area (Å²) in [6.07, 6.45) is 0. The van der Waals surface area contributed by atoms with Crippen molar-refractivity contribution in [3.05, 3.63) is 66.0 Å². The highest BCUT2D eigenvalue weighted by molar-refractivity contribution is 7.91. The maximum atomic E-state index is 14.1. The highest BCUT2D eigenvalue weighted by Crippen LogP contribution is 2.30. The summed E-state index contributed by atoms with van der Waals surface area (Å²) >= 11 is 0. The Bertz CT molecular complexity index is 962. The van der Waals surface area contributed by atoms with Crippen molar-refractivity contribution in [3.8, 4) is 0 Å². The molecule has 1 saturated heterocycles. The van der Waals surface area contributed by atoms with E-state index in [1.54, 1.807) is 24.3 Å². The number of amides is 3. The number of halogens is 1. The van der Waals surface area contributed by atoms with Crippen LogP contribution in [-0.2, 0) is 20.2 Å². The van der Waals surface area contributed by atoms with Crippen LogP contribution in [0.4, 0.5) is 9.18 Å². The van der Waals surface area contributed by atoms with Crippen LogP contribution in [0.1, 0.15) is 12.5 Å². The standard InChI is InChI=1S/C18H17FN2O4S/c1-18(14-9-5-6-10-15(14)19)16(22)21(17(23)20-18)11-12-26(24,25)13-7-3-2-4-8-13/h2-10H,11-12H2,1H3,(H,20,23)/t18-/m1/s1. The quantitative estimate of drug-likeness (QED) is 0.810. The Balaban J connectivity index is 1.81. The van der Waals surface area contributed by atoms with Gasteiger partial charge in [0, 0.05) is 12.1 Å². The molecule has 0 aromatic heterocycles. The molecule has 3 amide bonds. The lowest BCUT2D eigenvalue weighted by atomic mass is 9.91. The molecule has 0 saturated carbocycles. The molecular formula is C18H17FN2O4S. The minimum absolute atomic E-state index is 0.0340. The van der Waals surface area contributed by atoms with Crippen LogP contribution < -0.4 is 5.32 Å². The van der Waals surface area contributed by atoms with Gasteiger partial charge in [-0.15, -0.1) is 0 Å². The average Bonchev–Trinajstić information content (AvgIpc) is 2.84. The molecule has 136 valence electrons. The maximum absolute atomic E-state index is 14.1. The van der Waals surface area contributed by atoms with E-state index in [0.717, 1.165) is 4.90 Å². The molecule has 0 radical (unpaired) electrons. The van der Waals surface area contributed by atoms with Crippen LogP contribution in [0, 0.1) is 5.82 Å². The van der Waals surface area contributed by atoms with E-state index < -0.39 is 38.9 Å². The molecule has 26 heavy (non-hydrogen) atoms. The Morgan fingerprint density at radius 1 is 1.04 bits per heavy atom. The zero-order valence-electron chi connectivity index (χ0n) is 14.0. The molecule has 1 atom stereocenters. The molecule has 1 fully saturated rings. The van der Waals surface area contributed by atoms with E-state index >= 15 is 0 Å². The van der Waals surface area contributed by atoms with Crippen LogP contribution in [0.15, 0.2) is 59.5 Å². The summed E-state index contributed by atoms with van der Waals surface area (Å²) in [5.74, 6) is -1.72. The Labute approximate surface area is 150 Å². The molecule has 6 nitrogen and oxygen atoms in total. The molecule has 3 rings (SSSR count).